The first-order chi connectivity index (χ1) is 9.93. The smallest absolute Gasteiger partial charge is 0.278 e. The molecule has 21 heavy (non-hydrogen) atoms. The Bertz CT molecular complexity index is 638. The van der Waals surface area contributed by atoms with Crippen molar-refractivity contribution in [2.45, 2.75) is 18.3 Å². The Morgan fingerprint density at radius 1 is 1.19 bits per heavy atom. The fourth-order valence-corrected chi connectivity index (χ4v) is 3.17. The quantitative estimate of drug-likeness (QED) is 0.876. The van der Waals surface area contributed by atoms with E-state index in [2.05, 4.69) is 4.72 Å². The summed E-state index contributed by atoms with van der Waals surface area (Å²) >= 11 is 0. The Morgan fingerprint density at radius 2 is 1.86 bits per heavy atom. The van der Waals surface area contributed by atoms with Crippen molar-refractivity contribution in [1.82, 2.24) is 9.03 Å². The second-order valence-electron chi connectivity index (χ2n) is 5.75. The molecule has 6 nitrogen and oxygen atoms in total. The summed E-state index contributed by atoms with van der Waals surface area (Å²) in [5.74, 6) is 1.51. The summed E-state index contributed by atoms with van der Waals surface area (Å²) in [7, 11) is -0.350. The lowest BCUT2D eigenvalue weighted by Crippen LogP contribution is -2.39. The van der Waals surface area contributed by atoms with E-state index in [1.54, 1.807) is 0 Å². The third-order valence-corrected chi connectivity index (χ3v) is 5.55. The summed E-state index contributed by atoms with van der Waals surface area (Å²) in [5.41, 5.74) is 0.993. The third kappa shape index (κ3) is 2.86. The van der Waals surface area contributed by atoms with Crippen LogP contribution in [0.4, 0.5) is 0 Å². The van der Waals surface area contributed by atoms with Gasteiger partial charge in [0.05, 0.1) is 0 Å². The molecule has 3 rings (SSSR count). The van der Waals surface area contributed by atoms with Crippen LogP contribution < -0.4 is 14.2 Å². The molecule has 7 heteroatoms. The number of nitrogens with one attached hydrogen (secondary N) is 1. The van der Waals surface area contributed by atoms with Gasteiger partial charge in [0, 0.05) is 26.1 Å². The van der Waals surface area contributed by atoms with Crippen LogP contribution in [-0.2, 0) is 15.6 Å². The number of ether oxygens (including phenoxy) is 2. The normalized spacial score (nSPS) is 19.6. The largest absolute Gasteiger partial charge is 0.486 e. The van der Waals surface area contributed by atoms with Crippen LogP contribution >= 0.6 is 0 Å². The molecule has 1 N–H and O–H groups in total. The van der Waals surface area contributed by atoms with Gasteiger partial charge in [-0.05, 0) is 30.5 Å². The minimum atomic E-state index is -3.39. The summed E-state index contributed by atoms with van der Waals surface area (Å²) in [6.45, 7) is 1.53. The highest BCUT2D eigenvalue weighted by Gasteiger charge is 2.45. The Kier molecular flexibility index (Phi) is 3.59. The molecule has 1 fully saturated rings. The number of rotatable bonds is 5. The van der Waals surface area contributed by atoms with Crippen LogP contribution in [0, 0.1) is 0 Å². The zero-order valence-electron chi connectivity index (χ0n) is 12.3. The van der Waals surface area contributed by atoms with Gasteiger partial charge in [-0.2, -0.15) is 12.7 Å². The van der Waals surface area contributed by atoms with Crippen molar-refractivity contribution in [3.05, 3.63) is 23.8 Å². The lowest BCUT2D eigenvalue weighted by atomic mass is 9.96. The van der Waals surface area contributed by atoms with E-state index < -0.39 is 10.2 Å². The van der Waals surface area contributed by atoms with E-state index >= 15 is 0 Å². The van der Waals surface area contributed by atoms with E-state index in [9.17, 15) is 8.42 Å². The first-order valence-corrected chi connectivity index (χ1v) is 8.44. The molecule has 0 spiro atoms. The molecule has 0 amide bonds. The molecule has 2 aliphatic rings. The predicted octanol–water partition coefficient (Wildman–Crippen LogP) is 0.885. The van der Waals surface area contributed by atoms with E-state index in [1.165, 1.54) is 18.4 Å². The van der Waals surface area contributed by atoms with Gasteiger partial charge in [-0.3, -0.25) is 0 Å². The number of nitrogens with zero attached hydrogens (tertiary/aromatic N) is 1. The van der Waals surface area contributed by atoms with Crippen molar-refractivity contribution in [3.8, 4) is 11.5 Å². The molecule has 116 valence electrons. The van der Waals surface area contributed by atoms with Crippen LogP contribution in [0.1, 0.15) is 18.4 Å². The summed E-state index contributed by atoms with van der Waals surface area (Å²) < 4.78 is 38.6. The van der Waals surface area contributed by atoms with Gasteiger partial charge in [0.25, 0.3) is 10.2 Å². The molecular formula is C14H20N2O4S. The number of hydrogen-bond acceptors (Lipinski definition) is 4. The second kappa shape index (κ2) is 5.15. The summed E-state index contributed by atoms with van der Waals surface area (Å²) in [4.78, 5) is 0. The van der Waals surface area contributed by atoms with Gasteiger partial charge >= 0.3 is 0 Å². The van der Waals surface area contributed by atoms with E-state index in [0.717, 1.165) is 29.9 Å². The van der Waals surface area contributed by atoms with Gasteiger partial charge in [0.1, 0.15) is 13.2 Å². The minimum absolute atomic E-state index is 0.112. The molecule has 1 aromatic carbocycles. The van der Waals surface area contributed by atoms with E-state index in [1.807, 2.05) is 18.2 Å². The lowest BCUT2D eigenvalue weighted by Gasteiger charge is -2.22. The fourth-order valence-electron chi connectivity index (χ4n) is 2.45. The number of fused-ring (bicyclic) bond motifs is 1. The van der Waals surface area contributed by atoms with Gasteiger partial charge in [-0.25, -0.2) is 4.72 Å². The molecule has 1 aliphatic heterocycles. The molecular weight excluding hydrogens is 292 g/mol. The highest BCUT2D eigenvalue weighted by molar-refractivity contribution is 7.87. The van der Waals surface area contributed by atoms with Crippen LogP contribution in [0.25, 0.3) is 0 Å². The topological polar surface area (TPSA) is 67.9 Å². The van der Waals surface area contributed by atoms with Crippen molar-refractivity contribution in [3.63, 3.8) is 0 Å². The highest BCUT2D eigenvalue weighted by Crippen LogP contribution is 2.49. The SMILES string of the molecule is CN(C)S(=O)(=O)NCC1(c2ccc3c(c2)OCCO3)CC1. The maximum Gasteiger partial charge on any atom is 0.278 e. The first-order valence-electron chi connectivity index (χ1n) is 7.00. The minimum Gasteiger partial charge on any atom is -0.486 e. The van der Waals surface area contributed by atoms with Gasteiger partial charge in [-0.15, -0.1) is 0 Å². The van der Waals surface area contributed by atoms with Crippen molar-refractivity contribution >= 4 is 10.2 Å². The lowest BCUT2D eigenvalue weighted by molar-refractivity contribution is 0.171. The van der Waals surface area contributed by atoms with Gasteiger partial charge < -0.3 is 9.47 Å². The summed E-state index contributed by atoms with van der Waals surface area (Å²) in [6, 6.07) is 5.89. The maximum atomic E-state index is 11.8. The highest BCUT2D eigenvalue weighted by atomic mass is 32.2. The molecule has 0 saturated heterocycles. The Morgan fingerprint density at radius 3 is 2.48 bits per heavy atom. The van der Waals surface area contributed by atoms with E-state index in [-0.39, 0.29) is 5.41 Å². The molecule has 1 aliphatic carbocycles. The average Bonchev–Trinajstić information content (AvgIpc) is 3.26. The second-order valence-corrected chi connectivity index (χ2v) is 7.72. The first kappa shape index (κ1) is 14.6. The van der Waals surface area contributed by atoms with Gasteiger partial charge in [0.2, 0.25) is 0 Å². The van der Waals surface area contributed by atoms with Crippen LogP contribution in [0.2, 0.25) is 0 Å². The van der Waals surface area contributed by atoms with Crippen LogP contribution in [0.3, 0.4) is 0 Å². The predicted molar refractivity (Wildman–Crippen MR) is 79.0 cm³/mol. The van der Waals surface area contributed by atoms with E-state index in [0.29, 0.717) is 19.8 Å². The number of hydrogen-bond donors (Lipinski definition) is 1. The molecule has 1 aromatic rings. The number of benzene rings is 1. The standard InChI is InChI=1S/C14H20N2O4S/c1-16(2)21(17,18)15-10-14(5-6-14)11-3-4-12-13(9-11)20-8-7-19-12/h3-4,9,15H,5-8,10H2,1-2H3. The molecule has 0 radical (unpaired) electrons. The Labute approximate surface area is 125 Å². The summed E-state index contributed by atoms with van der Waals surface area (Å²) in [5, 5.41) is 0. The maximum absolute atomic E-state index is 11.8. The monoisotopic (exact) mass is 312 g/mol. The zero-order chi connectivity index (χ0) is 15.1. The summed E-state index contributed by atoms with van der Waals surface area (Å²) in [6.07, 6.45) is 1.95. The van der Waals surface area contributed by atoms with Crippen molar-refractivity contribution in [1.29, 1.82) is 0 Å². The molecule has 1 heterocycles. The van der Waals surface area contributed by atoms with Crippen molar-refractivity contribution in [2.75, 3.05) is 33.9 Å². The molecule has 0 unspecified atom stereocenters. The van der Waals surface area contributed by atoms with Crippen molar-refractivity contribution in [2.24, 2.45) is 0 Å². The van der Waals surface area contributed by atoms with Crippen LogP contribution in [0.5, 0.6) is 11.5 Å². The third-order valence-electron chi connectivity index (χ3n) is 4.08. The Hall–Kier alpha value is -1.31. The molecule has 0 atom stereocenters. The van der Waals surface area contributed by atoms with Crippen LogP contribution in [0.15, 0.2) is 18.2 Å². The van der Waals surface area contributed by atoms with Crippen molar-refractivity contribution < 1.29 is 17.9 Å². The fraction of sp³-hybridized carbons (Fsp3) is 0.571. The molecule has 0 aromatic heterocycles. The molecule has 0 bridgehead atoms. The Balaban J connectivity index is 1.77. The van der Waals surface area contributed by atoms with Gasteiger partial charge in [-0.1, -0.05) is 6.07 Å². The zero-order valence-corrected chi connectivity index (χ0v) is 13.1. The average molecular weight is 312 g/mol. The molecule has 1 saturated carbocycles. The van der Waals surface area contributed by atoms with Crippen LogP contribution in [-0.4, -0.2) is 46.6 Å². The van der Waals surface area contributed by atoms with E-state index in [4.69, 9.17) is 9.47 Å². The van der Waals surface area contributed by atoms with Gasteiger partial charge in [0.15, 0.2) is 11.5 Å².